The fourth-order valence-corrected chi connectivity index (χ4v) is 4.04. The van der Waals surface area contributed by atoms with E-state index in [1.165, 1.54) is 7.11 Å². The number of nitrogens with zero attached hydrogens (tertiary/aromatic N) is 2. The van der Waals surface area contributed by atoms with E-state index in [2.05, 4.69) is 15.6 Å². The molecule has 0 radical (unpaired) electrons. The van der Waals surface area contributed by atoms with Gasteiger partial charge in [0.15, 0.2) is 0 Å². The summed E-state index contributed by atoms with van der Waals surface area (Å²) >= 11 is 17.8. The highest BCUT2D eigenvalue weighted by Gasteiger charge is 2.56. The number of hydrogen-bond donors (Lipinski definition) is 1. The monoisotopic (exact) mass is 579 g/mol. The van der Waals surface area contributed by atoms with Crippen LogP contribution in [0, 0.1) is 6.92 Å². The average Bonchev–Trinajstić information content (AvgIpc) is 3.29. The lowest BCUT2D eigenvalue weighted by molar-refractivity contribution is -0.278. The van der Waals surface area contributed by atoms with Crippen molar-refractivity contribution in [3.63, 3.8) is 0 Å². The Morgan fingerprint density at radius 3 is 2.38 bits per heavy atom. The Morgan fingerprint density at radius 1 is 1.22 bits per heavy atom. The normalized spacial score (nSPS) is 17.5. The van der Waals surface area contributed by atoms with Crippen molar-refractivity contribution in [3.8, 4) is 0 Å². The maximum atomic E-state index is 14.1. The van der Waals surface area contributed by atoms with Gasteiger partial charge in [0.1, 0.15) is 0 Å². The number of rotatable bonds is 7. The van der Waals surface area contributed by atoms with Gasteiger partial charge >= 0.3 is 6.18 Å². The van der Waals surface area contributed by atoms with Crippen molar-refractivity contribution in [2.75, 3.05) is 7.11 Å². The van der Waals surface area contributed by atoms with Gasteiger partial charge in [-0.2, -0.15) is 13.2 Å². The molecule has 7 nitrogen and oxygen atoms in total. The van der Waals surface area contributed by atoms with Crippen LogP contribution in [-0.2, 0) is 20.0 Å². The fraction of sp³-hybridized carbons (Fsp3) is 0.375. The van der Waals surface area contributed by atoms with Crippen molar-refractivity contribution in [3.05, 3.63) is 67.7 Å². The Bertz CT molecular complexity index is 1230. The van der Waals surface area contributed by atoms with Crippen LogP contribution in [0.15, 0.2) is 40.6 Å². The summed E-state index contributed by atoms with van der Waals surface area (Å²) in [6.45, 7) is 4.22. The summed E-state index contributed by atoms with van der Waals surface area (Å²) in [5.74, 6) is -0.0517. The van der Waals surface area contributed by atoms with Gasteiger partial charge in [-0.1, -0.05) is 52.9 Å². The van der Waals surface area contributed by atoms with E-state index in [0.717, 1.165) is 19.1 Å². The first-order chi connectivity index (χ1) is 17.3. The molecule has 2 aromatic carbocycles. The molecule has 200 valence electrons. The lowest BCUT2D eigenvalue weighted by Crippen LogP contribution is -2.41. The number of ether oxygens (including phenoxy) is 1. The summed E-state index contributed by atoms with van der Waals surface area (Å²) < 4.78 is 47.4. The molecular formula is C24H23Cl3F3N3O4. The maximum absolute atomic E-state index is 14.1. The van der Waals surface area contributed by atoms with E-state index in [-0.39, 0.29) is 39.2 Å². The third-order valence-electron chi connectivity index (χ3n) is 5.72. The van der Waals surface area contributed by atoms with E-state index >= 15 is 0 Å². The summed E-state index contributed by atoms with van der Waals surface area (Å²) in [5, 5.41) is 9.86. The Morgan fingerprint density at radius 2 is 1.86 bits per heavy atom. The molecule has 2 atom stereocenters. The van der Waals surface area contributed by atoms with E-state index in [1.54, 1.807) is 32.0 Å². The van der Waals surface area contributed by atoms with Crippen molar-refractivity contribution >= 4 is 52.3 Å². The number of oxime groups is 2. The maximum Gasteiger partial charge on any atom is 0.435 e. The van der Waals surface area contributed by atoms with Gasteiger partial charge < -0.3 is 19.7 Å². The number of benzene rings is 2. The first-order valence-corrected chi connectivity index (χ1v) is 12.1. The average molecular weight is 581 g/mol. The molecule has 1 aliphatic rings. The SMILES string of the molecule is CC/C(=N\OC(C)(c1cc(Cl)c(Cl)c(Cl)c1)C(F)(F)F)c1ccc(C(=O)NC2CC(OC)=NO2)c(C)c1. The zero-order chi connectivity index (χ0) is 27.5. The lowest BCUT2D eigenvalue weighted by Gasteiger charge is -2.30. The van der Waals surface area contributed by atoms with Gasteiger partial charge in [0.25, 0.3) is 11.5 Å². The van der Waals surface area contributed by atoms with Crippen LogP contribution < -0.4 is 5.32 Å². The Hall–Kier alpha value is -2.69. The van der Waals surface area contributed by atoms with E-state index < -0.39 is 23.9 Å². The second-order valence-corrected chi connectivity index (χ2v) is 9.45. The van der Waals surface area contributed by atoms with Crippen molar-refractivity contribution in [2.24, 2.45) is 10.3 Å². The molecule has 13 heteroatoms. The van der Waals surface area contributed by atoms with Gasteiger partial charge in [0, 0.05) is 11.1 Å². The van der Waals surface area contributed by atoms with E-state index in [4.69, 9.17) is 49.2 Å². The number of alkyl halides is 3. The topological polar surface area (TPSA) is 81.5 Å². The smallest absolute Gasteiger partial charge is 0.435 e. The van der Waals surface area contributed by atoms with Gasteiger partial charge in [0.2, 0.25) is 12.1 Å². The minimum Gasteiger partial charge on any atom is -0.482 e. The number of amides is 1. The number of hydrogen-bond acceptors (Lipinski definition) is 6. The van der Waals surface area contributed by atoms with Crippen molar-refractivity contribution in [2.45, 2.75) is 51.6 Å². The minimum atomic E-state index is -4.87. The number of aryl methyl sites for hydroxylation is 1. The summed E-state index contributed by atoms with van der Waals surface area (Å²) in [7, 11) is 1.45. The quantitative estimate of drug-likeness (QED) is 0.217. The van der Waals surface area contributed by atoms with Gasteiger partial charge in [-0.05, 0) is 60.8 Å². The molecule has 1 amide bonds. The predicted octanol–water partition coefficient (Wildman–Crippen LogP) is 7.00. The zero-order valence-corrected chi connectivity index (χ0v) is 22.4. The largest absolute Gasteiger partial charge is 0.482 e. The Balaban J connectivity index is 1.86. The second-order valence-electron chi connectivity index (χ2n) is 8.26. The number of carbonyl (C=O) groups is 1. The van der Waals surface area contributed by atoms with Crippen LogP contribution in [0.3, 0.4) is 0 Å². The highest BCUT2D eigenvalue weighted by atomic mass is 35.5. The van der Waals surface area contributed by atoms with E-state index in [1.807, 2.05) is 0 Å². The van der Waals surface area contributed by atoms with Crippen molar-refractivity contribution in [1.82, 2.24) is 5.32 Å². The molecule has 0 bridgehead atoms. The molecule has 0 fully saturated rings. The number of carbonyl (C=O) groups excluding carboxylic acids is 1. The molecule has 0 aliphatic carbocycles. The zero-order valence-electron chi connectivity index (χ0n) is 20.2. The minimum absolute atomic E-state index is 0.0693. The number of halogens is 6. The van der Waals surface area contributed by atoms with Crippen LogP contribution in [0.2, 0.25) is 15.1 Å². The van der Waals surface area contributed by atoms with Crippen LogP contribution in [0.4, 0.5) is 13.2 Å². The predicted molar refractivity (Wildman–Crippen MR) is 135 cm³/mol. The molecule has 0 spiro atoms. The molecule has 37 heavy (non-hydrogen) atoms. The fourth-order valence-electron chi connectivity index (χ4n) is 3.44. The van der Waals surface area contributed by atoms with Gasteiger partial charge in [-0.3, -0.25) is 4.79 Å². The van der Waals surface area contributed by atoms with E-state index in [9.17, 15) is 18.0 Å². The first-order valence-electron chi connectivity index (χ1n) is 11.0. The summed E-state index contributed by atoms with van der Waals surface area (Å²) in [6.07, 6.45) is -5.01. The lowest BCUT2D eigenvalue weighted by atomic mass is 9.95. The van der Waals surface area contributed by atoms with Crippen LogP contribution in [-0.4, -0.2) is 37.0 Å². The third-order valence-corrected chi connectivity index (χ3v) is 6.92. The van der Waals surface area contributed by atoms with Crippen LogP contribution in [0.25, 0.3) is 0 Å². The van der Waals surface area contributed by atoms with Crippen LogP contribution in [0.1, 0.15) is 53.7 Å². The second kappa shape index (κ2) is 11.4. The molecule has 0 saturated carbocycles. The third kappa shape index (κ3) is 6.25. The Labute approximate surface area is 226 Å². The molecule has 2 unspecified atom stereocenters. The van der Waals surface area contributed by atoms with Gasteiger partial charge in [-0.25, -0.2) is 0 Å². The summed E-state index contributed by atoms with van der Waals surface area (Å²) in [5.41, 5.74) is -1.61. The highest BCUT2D eigenvalue weighted by molar-refractivity contribution is 6.48. The first kappa shape index (κ1) is 28.9. The van der Waals surface area contributed by atoms with Crippen molar-refractivity contribution < 1.29 is 32.4 Å². The molecule has 1 N–H and O–H groups in total. The van der Waals surface area contributed by atoms with Crippen LogP contribution in [0.5, 0.6) is 0 Å². The van der Waals surface area contributed by atoms with Gasteiger partial charge in [0.05, 0.1) is 34.3 Å². The molecule has 2 aromatic rings. The van der Waals surface area contributed by atoms with Gasteiger partial charge in [-0.15, -0.1) is 0 Å². The molecule has 0 aromatic heterocycles. The highest BCUT2D eigenvalue weighted by Crippen LogP contribution is 2.45. The molecular weight excluding hydrogens is 558 g/mol. The molecule has 0 saturated heterocycles. The number of methoxy groups -OCH3 is 1. The molecule has 1 heterocycles. The Kier molecular flexibility index (Phi) is 8.87. The summed E-state index contributed by atoms with van der Waals surface area (Å²) in [6, 6.07) is 6.82. The van der Waals surface area contributed by atoms with Crippen molar-refractivity contribution in [1.29, 1.82) is 0 Å². The number of nitrogens with one attached hydrogen (secondary N) is 1. The van der Waals surface area contributed by atoms with E-state index in [0.29, 0.717) is 22.6 Å². The van der Waals surface area contributed by atoms with Crippen LogP contribution >= 0.6 is 34.8 Å². The molecule has 3 rings (SSSR count). The standard InChI is InChI=1S/C24H23Cl3F3N3O4/c1-5-18(32-37-23(3,24(28,29)30)14-9-16(25)21(27)17(26)10-14)13-6-7-15(12(2)8-13)22(34)31-19-11-20(35-4)33-36-19/h6-10,19H,5,11H2,1-4H3,(H,31,34)/b32-18+. The molecule has 1 aliphatic heterocycles. The summed E-state index contributed by atoms with van der Waals surface area (Å²) in [4.78, 5) is 22.9.